The van der Waals surface area contributed by atoms with Crippen LogP contribution in [0.5, 0.6) is 17.2 Å². The Morgan fingerprint density at radius 1 is 1.04 bits per heavy atom. The van der Waals surface area contributed by atoms with Crippen LogP contribution in [0, 0.1) is 0 Å². The number of methoxy groups -OCH3 is 1. The molecule has 0 bridgehead atoms. The summed E-state index contributed by atoms with van der Waals surface area (Å²) in [6.07, 6.45) is 4.15. The van der Waals surface area contributed by atoms with Crippen molar-refractivity contribution < 1.29 is 19.0 Å². The highest BCUT2D eigenvalue weighted by atomic mass is 16.5. The Labute approximate surface area is 160 Å². The number of aryl methyl sites for hydroxylation is 2. The third kappa shape index (κ3) is 5.39. The minimum atomic E-state index is -0.552. The molecule has 0 aromatic heterocycles. The standard InChI is InChI=1S/C22H27NO4/c1-16(27-21-11-10-17-6-3-4-7-18(17)14-21)22(24)23-12-13-26-20-9-5-8-19(15-20)25-2/h5,8-11,14-16H,3-4,6-7,12-13H2,1-2H3,(H,23,24)/t16-/m1/s1. The molecule has 0 fully saturated rings. The number of carbonyl (C=O) groups excluding carboxylic acids is 1. The predicted molar refractivity (Wildman–Crippen MR) is 105 cm³/mol. The van der Waals surface area contributed by atoms with E-state index in [1.54, 1.807) is 14.0 Å². The van der Waals surface area contributed by atoms with E-state index in [4.69, 9.17) is 14.2 Å². The summed E-state index contributed by atoms with van der Waals surface area (Å²) in [4.78, 5) is 12.2. The van der Waals surface area contributed by atoms with Crippen molar-refractivity contribution in [2.45, 2.75) is 38.7 Å². The van der Waals surface area contributed by atoms with Gasteiger partial charge in [-0.05, 0) is 68.0 Å². The quantitative estimate of drug-likeness (QED) is 0.723. The van der Waals surface area contributed by atoms with Gasteiger partial charge in [0.15, 0.2) is 6.10 Å². The Balaban J connectivity index is 1.42. The molecule has 1 aliphatic carbocycles. The zero-order chi connectivity index (χ0) is 19.1. The van der Waals surface area contributed by atoms with Crippen LogP contribution in [0.3, 0.4) is 0 Å². The Morgan fingerprint density at radius 3 is 2.63 bits per heavy atom. The van der Waals surface area contributed by atoms with Crippen LogP contribution in [0.4, 0.5) is 0 Å². The summed E-state index contributed by atoms with van der Waals surface area (Å²) in [5.41, 5.74) is 2.75. The summed E-state index contributed by atoms with van der Waals surface area (Å²) in [7, 11) is 1.61. The number of amides is 1. The number of carbonyl (C=O) groups is 1. The molecule has 3 rings (SSSR count). The van der Waals surface area contributed by atoms with E-state index in [0.717, 1.165) is 24.3 Å². The molecule has 5 heteroatoms. The van der Waals surface area contributed by atoms with E-state index in [1.807, 2.05) is 30.3 Å². The molecule has 0 heterocycles. The van der Waals surface area contributed by atoms with Crippen molar-refractivity contribution in [3.63, 3.8) is 0 Å². The Bertz CT molecular complexity index is 775. The van der Waals surface area contributed by atoms with Crippen LogP contribution < -0.4 is 19.5 Å². The first-order valence-electron chi connectivity index (χ1n) is 9.49. The van der Waals surface area contributed by atoms with Gasteiger partial charge in [0.2, 0.25) is 0 Å². The maximum Gasteiger partial charge on any atom is 0.260 e. The molecule has 144 valence electrons. The summed E-state index contributed by atoms with van der Waals surface area (Å²) in [5, 5.41) is 2.84. The summed E-state index contributed by atoms with van der Waals surface area (Å²) < 4.78 is 16.6. The summed E-state index contributed by atoms with van der Waals surface area (Å²) in [6, 6.07) is 13.5. The highest BCUT2D eigenvalue weighted by Gasteiger charge is 2.16. The van der Waals surface area contributed by atoms with Gasteiger partial charge in [-0.3, -0.25) is 4.79 Å². The lowest BCUT2D eigenvalue weighted by molar-refractivity contribution is -0.127. The second-order valence-electron chi connectivity index (χ2n) is 6.72. The molecular formula is C22H27NO4. The van der Waals surface area contributed by atoms with Gasteiger partial charge < -0.3 is 19.5 Å². The third-order valence-electron chi connectivity index (χ3n) is 4.71. The molecule has 1 atom stereocenters. The number of benzene rings is 2. The topological polar surface area (TPSA) is 56.8 Å². The van der Waals surface area contributed by atoms with Crippen molar-refractivity contribution in [1.29, 1.82) is 0 Å². The molecule has 0 spiro atoms. The Hall–Kier alpha value is -2.69. The van der Waals surface area contributed by atoms with Crippen LogP contribution in [0.25, 0.3) is 0 Å². The van der Waals surface area contributed by atoms with E-state index in [1.165, 1.54) is 24.0 Å². The van der Waals surface area contributed by atoms with Crippen LogP contribution in [-0.4, -0.2) is 32.3 Å². The number of rotatable bonds is 8. The van der Waals surface area contributed by atoms with Gasteiger partial charge in [-0.15, -0.1) is 0 Å². The van der Waals surface area contributed by atoms with Gasteiger partial charge in [0.05, 0.1) is 13.7 Å². The molecule has 2 aromatic carbocycles. The molecule has 0 radical (unpaired) electrons. The maximum absolute atomic E-state index is 12.2. The summed E-state index contributed by atoms with van der Waals surface area (Å²) >= 11 is 0. The minimum absolute atomic E-state index is 0.151. The fourth-order valence-corrected chi connectivity index (χ4v) is 3.22. The van der Waals surface area contributed by atoms with Crippen LogP contribution >= 0.6 is 0 Å². The fourth-order valence-electron chi connectivity index (χ4n) is 3.22. The van der Waals surface area contributed by atoms with Crippen LogP contribution in [-0.2, 0) is 17.6 Å². The molecule has 1 N–H and O–H groups in total. The number of hydrogen-bond donors (Lipinski definition) is 1. The van der Waals surface area contributed by atoms with Crippen LogP contribution in [0.15, 0.2) is 42.5 Å². The molecule has 5 nitrogen and oxygen atoms in total. The van der Waals surface area contributed by atoms with Crippen molar-refractivity contribution in [2.24, 2.45) is 0 Å². The van der Waals surface area contributed by atoms with E-state index in [9.17, 15) is 4.79 Å². The van der Waals surface area contributed by atoms with Crippen molar-refractivity contribution in [2.75, 3.05) is 20.3 Å². The normalized spacial score (nSPS) is 14.0. The van der Waals surface area contributed by atoms with Gasteiger partial charge in [-0.1, -0.05) is 12.1 Å². The zero-order valence-electron chi connectivity index (χ0n) is 16.0. The van der Waals surface area contributed by atoms with Crippen molar-refractivity contribution in [3.8, 4) is 17.2 Å². The monoisotopic (exact) mass is 369 g/mol. The molecule has 0 unspecified atom stereocenters. The van der Waals surface area contributed by atoms with Crippen molar-refractivity contribution >= 4 is 5.91 Å². The molecule has 0 aliphatic heterocycles. The lowest BCUT2D eigenvalue weighted by Crippen LogP contribution is -2.38. The maximum atomic E-state index is 12.2. The first-order chi connectivity index (χ1) is 13.2. The summed E-state index contributed by atoms with van der Waals surface area (Å²) in [6.45, 7) is 2.55. The summed E-state index contributed by atoms with van der Waals surface area (Å²) in [5.74, 6) is 2.05. The van der Waals surface area contributed by atoms with Crippen LogP contribution in [0.2, 0.25) is 0 Å². The molecule has 1 aliphatic rings. The highest BCUT2D eigenvalue weighted by molar-refractivity contribution is 5.80. The lowest BCUT2D eigenvalue weighted by atomic mass is 9.92. The molecular weight excluding hydrogens is 342 g/mol. The van der Waals surface area contributed by atoms with E-state index < -0.39 is 6.10 Å². The average molecular weight is 369 g/mol. The van der Waals surface area contributed by atoms with Crippen LogP contribution in [0.1, 0.15) is 30.9 Å². The van der Waals surface area contributed by atoms with Gasteiger partial charge in [-0.25, -0.2) is 0 Å². The van der Waals surface area contributed by atoms with Crippen molar-refractivity contribution in [1.82, 2.24) is 5.32 Å². The second kappa shape index (κ2) is 9.31. The Kier molecular flexibility index (Phi) is 6.58. The molecule has 0 saturated carbocycles. The number of nitrogens with one attached hydrogen (secondary N) is 1. The zero-order valence-corrected chi connectivity index (χ0v) is 16.0. The van der Waals surface area contributed by atoms with E-state index in [0.29, 0.717) is 18.9 Å². The van der Waals surface area contributed by atoms with Gasteiger partial charge in [-0.2, -0.15) is 0 Å². The molecule has 0 saturated heterocycles. The number of hydrogen-bond acceptors (Lipinski definition) is 4. The van der Waals surface area contributed by atoms with Crippen molar-refractivity contribution in [3.05, 3.63) is 53.6 Å². The SMILES string of the molecule is COc1cccc(OCCNC(=O)[C@@H](C)Oc2ccc3c(c2)CCCC3)c1. The number of ether oxygens (including phenoxy) is 3. The fraction of sp³-hybridized carbons (Fsp3) is 0.409. The molecule has 1 amide bonds. The third-order valence-corrected chi connectivity index (χ3v) is 4.71. The van der Waals surface area contributed by atoms with Gasteiger partial charge >= 0.3 is 0 Å². The minimum Gasteiger partial charge on any atom is -0.497 e. The first-order valence-corrected chi connectivity index (χ1v) is 9.49. The lowest BCUT2D eigenvalue weighted by Gasteiger charge is -2.19. The largest absolute Gasteiger partial charge is 0.497 e. The molecule has 27 heavy (non-hydrogen) atoms. The Morgan fingerprint density at radius 2 is 1.81 bits per heavy atom. The average Bonchev–Trinajstić information content (AvgIpc) is 2.71. The smallest absolute Gasteiger partial charge is 0.260 e. The van der Waals surface area contributed by atoms with Gasteiger partial charge in [0.25, 0.3) is 5.91 Å². The van der Waals surface area contributed by atoms with Gasteiger partial charge in [0, 0.05) is 6.07 Å². The second-order valence-corrected chi connectivity index (χ2v) is 6.72. The highest BCUT2D eigenvalue weighted by Crippen LogP contribution is 2.25. The number of fused-ring (bicyclic) bond motifs is 1. The van der Waals surface area contributed by atoms with E-state index >= 15 is 0 Å². The molecule has 2 aromatic rings. The first kappa shape index (κ1) is 19.1. The van der Waals surface area contributed by atoms with E-state index in [-0.39, 0.29) is 5.91 Å². The van der Waals surface area contributed by atoms with Gasteiger partial charge in [0.1, 0.15) is 23.9 Å². The van der Waals surface area contributed by atoms with E-state index in [2.05, 4.69) is 17.4 Å². The predicted octanol–water partition coefficient (Wildman–Crippen LogP) is 3.54.